The molecule has 0 amide bonds. The molecule has 0 aliphatic carbocycles. The summed E-state index contributed by atoms with van der Waals surface area (Å²) in [5.74, 6) is -0.481. The highest BCUT2D eigenvalue weighted by Gasteiger charge is 2.06. The minimum atomic E-state index is -0.568. The second-order valence-electron chi connectivity index (χ2n) is 4.05. The van der Waals surface area contributed by atoms with Crippen molar-refractivity contribution in [2.24, 2.45) is 0 Å². The predicted molar refractivity (Wildman–Crippen MR) is 66.0 cm³/mol. The number of benzene rings is 1. The Hall–Kier alpha value is -2.37. The maximum Gasteiger partial charge on any atom is 0.328 e. The zero-order chi connectivity index (χ0) is 13.3. The van der Waals surface area contributed by atoms with E-state index in [1.54, 1.807) is 13.0 Å². The highest BCUT2D eigenvalue weighted by Crippen LogP contribution is 2.12. The zero-order valence-electron chi connectivity index (χ0n) is 9.74. The van der Waals surface area contributed by atoms with E-state index in [0.717, 1.165) is 0 Å². The van der Waals surface area contributed by atoms with E-state index in [4.69, 9.17) is 5.73 Å². The van der Waals surface area contributed by atoms with E-state index in [1.807, 2.05) is 0 Å². The summed E-state index contributed by atoms with van der Waals surface area (Å²) in [4.78, 5) is 24.9. The molecule has 6 heteroatoms. The van der Waals surface area contributed by atoms with Crippen LogP contribution < -0.4 is 17.0 Å². The first-order chi connectivity index (χ1) is 8.47. The van der Waals surface area contributed by atoms with Gasteiger partial charge in [0.15, 0.2) is 0 Å². The first-order valence-corrected chi connectivity index (χ1v) is 5.31. The average molecular weight is 249 g/mol. The quantitative estimate of drug-likeness (QED) is 0.765. The van der Waals surface area contributed by atoms with E-state index in [9.17, 15) is 14.0 Å². The number of anilines is 1. The molecule has 0 saturated carbocycles. The molecule has 3 N–H and O–H groups in total. The van der Waals surface area contributed by atoms with Crippen molar-refractivity contribution in [1.29, 1.82) is 0 Å². The third-order valence-electron chi connectivity index (χ3n) is 2.61. The molecule has 0 spiro atoms. The molecule has 0 saturated heterocycles. The number of halogens is 1. The number of rotatable bonds is 2. The van der Waals surface area contributed by atoms with Crippen LogP contribution in [0.3, 0.4) is 0 Å². The molecule has 1 heterocycles. The van der Waals surface area contributed by atoms with Crippen LogP contribution in [0.15, 0.2) is 34.0 Å². The van der Waals surface area contributed by atoms with Crippen molar-refractivity contribution < 1.29 is 4.39 Å². The molecule has 5 nitrogen and oxygen atoms in total. The van der Waals surface area contributed by atoms with Gasteiger partial charge >= 0.3 is 5.69 Å². The number of aryl methyl sites for hydroxylation is 1. The molecule has 18 heavy (non-hydrogen) atoms. The van der Waals surface area contributed by atoms with E-state index in [2.05, 4.69) is 4.98 Å². The topological polar surface area (TPSA) is 80.9 Å². The van der Waals surface area contributed by atoms with Gasteiger partial charge in [-0.2, -0.15) is 0 Å². The minimum absolute atomic E-state index is 0.0442. The fraction of sp³-hybridized carbons (Fsp3) is 0.167. The van der Waals surface area contributed by atoms with Crippen LogP contribution in [0.4, 0.5) is 10.1 Å². The molecule has 94 valence electrons. The van der Waals surface area contributed by atoms with Gasteiger partial charge in [-0.05, 0) is 19.1 Å². The SMILES string of the molecule is Cc1cn(Cc2ccc(N)cc2F)c(=O)[nH]c1=O. The first kappa shape index (κ1) is 12.1. The molecule has 0 atom stereocenters. The number of nitrogens with one attached hydrogen (secondary N) is 1. The maximum atomic E-state index is 13.6. The fourth-order valence-electron chi connectivity index (χ4n) is 1.61. The second-order valence-corrected chi connectivity index (χ2v) is 4.05. The van der Waals surface area contributed by atoms with Crippen LogP contribution >= 0.6 is 0 Å². The lowest BCUT2D eigenvalue weighted by molar-refractivity contribution is 0.592. The van der Waals surface area contributed by atoms with Crippen molar-refractivity contribution in [3.8, 4) is 0 Å². The number of nitrogens with zero attached hydrogens (tertiary/aromatic N) is 1. The summed E-state index contributed by atoms with van der Waals surface area (Å²) in [5.41, 5.74) is 5.48. The van der Waals surface area contributed by atoms with Crippen molar-refractivity contribution in [3.05, 3.63) is 62.2 Å². The van der Waals surface area contributed by atoms with E-state index in [-0.39, 0.29) is 6.54 Å². The normalized spacial score (nSPS) is 10.6. The number of H-pyrrole nitrogens is 1. The number of aromatic nitrogens is 2. The molecular weight excluding hydrogens is 237 g/mol. The van der Waals surface area contributed by atoms with Crippen LogP contribution in [-0.4, -0.2) is 9.55 Å². The van der Waals surface area contributed by atoms with Crippen molar-refractivity contribution in [1.82, 2.24) is 9.55 Å². The number of hydrogen-bond donors (Lipinski definition) is 2. The van der Waals surface area contributed by atoms with Crippen molar-refractivity contribution >= 4 is 5.69 Å². The van der Waals surface area contributed by atoms with Crippen LogP contribution in [-0.2, 0) is 6.54 Å². The molecule has 0 fully saturated rings. The van der Waals surface area contributed by atoms with E-state index in [0.29, 0.717) is 16.8 Å². The van der Waals surface area contributed by atoms with Crippen LogP contribution in [0.1, 0.15) is 11.1 Å². The Morgan fingerprint density at radius 3 is 2.78 bits per heavy atom. The Labute approximate surface area is 102 Å². The maximum absolute atomic E-state index is 13.6. The van der Waals surface area contributed by atoms with Gasteiger partial charge in [-0.15, -0.1) is 0 Å². The van der Waals surface area contributed by atoms with Gasteiger partial charge in [0, 0.05) is 23.0 Å². The van der Waals surface area contributed by atoms with Gasteiger partial charge in [0.05, 0.1) is 6.54 Å². The summed E-state index contributed by atoms with van der Waals surface area (Å²) < 4.78 is 14.8. The van der Waals surface area contributed by atoms with E-state index >= 15 is 0 Å². The highest BCUT2D eigenvalue weighted by molar-refractivity contribution is 5.40. The van der Waals surface area contributed by atoms with Gasteiger partial charge in [-0.3, -0.25) is 14.3 Å². The molecule has 0 aliphatic heterocycles. The van der Waals surface area contributed by atoms with Crippen LogP contribution in [0.25, 0.3) is 0 Å². The number of nitrogen functional groups attached to an aromatic ring is 1. The van der Waals surface area contributed by atoms with E-state index < -0.39 is 17.1 Å². The van der Waals surface area contributed by atoms with Gasteiger partial charge in [0.1, 0.15) is 5.82 Å². The molecule has 2 aromatic rings. The summed E-state index contributed by atoms with van der Waals surface area (Å²) in [6.45, 7) is 1.62. The molecule has 0 aliphatic rings. The monoisotopic (exact) mass is 249 g/mol. The lowest BCUT2D eigenvalue weighted by atomic mass is 10.2. The molecule has 1 aromatic heterocycles. The second kappa shape index (κ2) is 4.48. The first-order valence-electron chi connectivity index (χ1n) is 5.31. The Morgan fingerprint density at radius 1 is 1.39 bits per heavy atom. The van der Waals surface area contributed by atoms with Crippen LogP contribution in [0.5, 0.6) is 0 Å². The Balaban J connectivity index is 2.43. The van der Waals surface area contributed by atoms with Gasteiger partial charge in [0.25, 0.3) is 5.56 Å². The smallest absolute Gasteiger partial charge is 0.328 e. The minimum Gasteiger partial charge on any atom is -0.399 e. The number of aromatic amines is 1. The third kappa shape index (κ3) is 2.32. The largest absolute Gasteiger partial charge is 0.399 e. The van der Waals surface area contributed by atoms with E-state index in [1.165, 1.54) is 22.9 Å². The summed E-state index contributed by atoms with van der Waals surface area (Å²) in [7, 11) is 0. The Kier molecular flexibility index (Phi) is 3.01. The zero-order valence-corrected chi connectivity index (χ0v) is 9.74. The summed E-state index contributed by atoms with van der Waals surface area (Å²) in [6, 6.07) is 4.26. The molecule has 1 aromatic carbocycles. The Bertz CT molecular complexity index is 703. The van der Waals surface area contributed by atoms with Gasteiger partial charge in [-0.1, -0.05) is 6.07 Å². The van der Waals surface area contributed by atoms with Crippen molar-refractivity contribution in [2.45, 2.75) is 13.5 Å². The standard InChI is InChI=1S/C12H12FN3O2/c1-7-5-16(12(18)15-11(7)17)6-8-2-3-9(14)4-10(8)13/h2-5H,6,14H2,1H3,(H,15,17,18). The lowest BCUT2D eigenvalue weighted by Gasteiger charge is -2.07. The highest BCUT2D eigenvalue weighted by atomic mass is 19.1. The van der Waals surface area contributed by atoms with Crippen LogP contribution in [0.2, 0.25) is 0 Å². The van der Waals surface area contributed by atoms with Gasteiger partial charge in [-0.25, -0.2) is 9.18 Å². The summed E-state index contributed by atoms with van der Waals surface area (Å²) in [6.07, 6.45) is 1.40. The average Bonchev–Trinajstić information content (AvgIpc) is 2.29. The third-order valence-corrected chi connectivity index (χ3v) is 2.61. The van der Waals surface area contributed by atoms with Crippen molar-refractivity contribution in [3.63, 3.8) is 0 Å². The van der Waals surface area contributed by atoms with Crippen molar-refractivity contribution in [2.75, 3.05) is 5.73 Å². The van der Waals surface area contributed by atoms with Crippen LogP contribution in [0, 0.1) is 12.7 Å². The predicted octanol–water partition coefficient (Wildman–Crippen LogP) is 0.615. The Morgan fingerprint density at radius 2 is 2.11 bits per heavy atom. The molecule has 0 radical (unpaired) electrons. The van der Waals surface area contributed by atoms with Gasteiger partial charge < -0.3 is 5.73 Å². The summed E-state index contributed by atoms with van der Waals surface area (Å²) in [5, 5.41) is 0. The van der Waals surface area contributed by atoms with Gasteiger partial charge in [0.2, 0.25) is 0 Å². The number of nitrogens with two attached hydrogens (primary N) is 1. The fourth-order valence-corrected chi connectivity index (χ4v) is 1.61. The summed E-state index contributed by atoms with van der Waals surface area (Å²) >= 11 is 0. The molecule has 0 bridgehead atoms. The molecule has 2 rings (SSSR count). The molecule has 0 unspecified atom stereocenters. The lowest BCUT2D eigenvalue weighted by Crippen LogP contribution is -2.31. The number of hydrogen-bond acceptors (Lipinski definition) is 3. The molecular formula is C12H12FN3O2.